The van der Waals surface area contributed by atoms with Crippen LogP contribution in [0.3, 0.4) is 0 Å². The van der Waals surface area contributed by atoms with Crippen molar-refractivity contribution >= 4 is 17.5 Å². The minimum atomic E-state index is -0.432. The lowest BCUT2D eigenvalue weighted by molar-refractivity contribution is 0.0233. The molecular formula is C28H36ClN3O4. The molecule has 3 heterocycles. The first-order valence-electron chi connectivity index (χ1n) is 13.4. The minimum absolute atomic E-state index is 0.112. The maximum atomic E-state index is 13.9. The molecule has 7 nitrogen and oxygen atoms in total. The molecule has 0 bridgehead atoms. The summed E-state index contributed by atoms with van der Waals surface area (Å²) in [5.41, 5.74) is 1.06. The van der Waals surface area contributed by atoms with Crippen LogP contribution in [0, 0.1) is 0 Å². The van der Waals surface area contributed by atoms with E-state index in [1.54, 1.807) is 0 Å². The van der Waals surface area contributed by atoms with Crippen molar-refractivity contribution in [2.75, 3.05) is 26.4 Å². The molecule has 3 aliphatic rings. The summed E-state index contributed by atoms with van der Waals surface area (Å²) in [4.78, 5) is 33.7. The molecule has 0 atom stereocenters. The maximum Gasteiger partial charge on any atom is 0.316 e. The fraction of sp³-hybridized carbons (Fsp3) is 0.607. The Kier molecular flexibility index (Phi) is 7.68. The van der Waals surface area contributed by atoms with Gasteiger partial charge in [0.05, 0.1) is 6.61 Å². The molecule has 1 aromatic carbocycles. The summed E-state index contributed by atoms with van der Waals surface area (Å²) in [5, 5.41) is 0.714. The fourth-order valence-electron chi connectivity index (χ4n) is 6.13. The first-order valence-corrected chi connectivity index (χ1v) is 13.8. The number of carbonyl (C=O) groups is 1. The standard InChI is InChI=1S/C28H36ClN3O4/c1-2-3-16-36-25-24-27(34)31(22-10-17-35-18-11-22)14-15-32(24)23(30-26(25)33)19-28(12-4-5-13-28)20-6-8-21(29)9-7-20/h6-9,22H,2-5,10-19H2,1H3. The summed E-state index contributed by atoms with van der Waals surface area (Å²) in [7, 11) is 0. The second kappa shape index (κ2) is 10.9. The second-order valence-electron chi connectivity index (χ2n) is 10.4. The monoisotopic (exact) mass is 513 g/mol. The largest absolute Gasteiger partial charge is 0.486 e. The fourth-order valence-corrected chi connectivity index (χ4v) is 6.26. The summed E-state index contributed by atoms with van der Waals surface area (Å²) < 4.78 is 13.5. The van der Waals surface area contributed by atoms with Gasteiger partial charge in [0.25, 0.3) is 5.91 Å². The highest BCUT2D eigenvalue weighted by molar-refractivity contribution is 6.30. The number of fused-ring (bicyclic) bond motifs is 1. The number of hydrogen-bond acceptors (Lipinski definition) is 5. The van der Waals surface area contributed by atoms with Crippen LogP contribution in [0.1, 0.15) is 80.2 Å². The van der Waals surface area contributed by atoms with Crippen molar-refractivity contribution in [1.82, 2.24) is 14.5 Å². The Labute approximate surface area is 217 Å². The topological polar surface area (TPSA) is 73.7 Å². The lowest BCUT2D eigenvalue weighted by Gasteiger charge is -2.39. The van der Waals surface area contributed by atoms with Crippen LogP contribution < -0.4 is 10.3 Å². The van der Waals surface area contributed by atoms with Crippen molar-refractivity contribution in [3.05, 3.63) is 56.7 Å². The predicted octanol–water partition coefficient (Wildman–Crippen LogP) is 4.76. The molecular weight excluding hydrogens is 478 g/mol. The smallest absolute Gasteiger partial charge is 0.316 e. The molecule has 0 radical (unpaired) electrons. The maximum absolute atomic E-state index is 13.9. The van der Waals surface area contributed by atoms with Crippen LogP contribution in [0.4, 0.5) is 0 Å². The zero-order valence-corrected chi connectivity index (χ0v) is 21.9. The highest BCUT2D eigenvalue weighted by atomic mass is 35.5. The van der Waals surface area contributed by atoms with E-state index in [0.717, 1.165) is 51.4 Å². The van der Waals surface area contributed by atoms with Gasteiger partial charge in [-0.2, -0.15) is 4.98 Å². The summed E-state index contributed by atoms with van der Waals surface area (Å²) in [6, 6.07) is 8.20. The Balaban J connectivity index is 1.55. The number of halogens is 1. The van der Waals surface area contributed by atoms with Gasteiger partial charge in [-0.25, -0.2) is 0 Å². The normalized spacial score (nSPS) is 19.9. The van der Waals surface area contributed by atoms with Crippen LogP contribution >= 0.6 is 11.6 Å². The van der Waals surface area contributed by atoms with Crippen molar-refractivity contribution in [1.29, 1.82) is 0 Å². The highest BCUT2D eigenvalue weighted by Gasteiger charge is 2.40. The number of carbonyl (C=O) groups excluding carboxylic acids is 1. The van der Waals surface area contributed by atoms with Gasteiger partial charge in [0.1, 0.15) is 5.82 Å². The lowest BCUT2D eigenvalue weighted by atomic mass is 9.76. The first kappa shape index (κ1) is 25.3. The molecule has 0 N–H and O–H groups in total. The van der Waals surface area contributed by atoms with Crippen LogP contribution in [0.2, 0.25) is 5.02 Å². The molecule has 1 saturated heterocycles. The van der Waals surface area contributed by atoms with Gasteiger partial charge in [-0.05, 0) is 49.8 Å². The van der Waals surface area contributed by atoms with E-state index in [2.05, 4.69) is 24.0 Å². The van der Waals surface area contributed by atoms with E-state index in [4.69, 9.17) is 21.1 Å². The summed E-state index contributed by atoms with van der Waals surface area (Å²) >= 11 is 6.18. The van der Waals surface area contributed by atoms with E-state index in [0.29, 0.717) is 55.9 Å². The van der Waals surface area contributed by atoms with E-state index in [1.165, 1.54) is 5.56 Å². The first-order chi connectivity index (χ1) is 17.5. The summed E-state index contributed by atoms with van der Waals surface area (Å²) in [6.45, 7) is 5.01. The van der Waals surface area contributed by atoms with Crippen molar-refractivity contribution in [2.24, 2.45) is 0 Å². The Bertz CT molecular complexity index is 1130. The van der Waals surface area contributed by atoms with Crippen LogP contribution in [0.5, 0.6) is 5.75 Å². The summed E-state index contributed by atoms with van der Waals surface area (Å²) in [6.07, 6.45) is 8.34. The SMILES string of the molecule is CCCCOc1c2n(c(CC3(c4ccc(Cl)cc4)CCCC3)nc1=O)CCN(C1CCOCC1)C2=O. The van der Waals surface area contributed by atoms with Gasteiger partial charge in [-0.1, -0.05) is 49.9 Å². The van der Waals surface area contributed by atoms with Crippen LogP contribution in [0.25, 0.3) is 0 Å². The molecule has 1 aromatic heterocycles. The summed E-state index contributed by atoms with van der Waals surface area (Å²) in [5.74, 6) is 0.683. The molecule has 5 rings (SSSR count). The Morgan fingerprint density at radius 1 is 1.11 bits per heavy atom. The molecule has 36 heavy (non-hydrogen) atoms. The minimum Gasteiger partial charge on any atom is -0.486 e. The number of aromatic nitrogens is 2. The third-order valence-electron chi connectivity index (χ3n) is 8.14. The number of nitrogens with zero attached hydrogens (tertiary/aromatic N) is 3. The number of rotatable bonds is 8. The molecule has 194 valence electrons. The Morgan fingerprint density at radius 2 is 1.83 bits per heavy atom. The predicted molar refractivity (Wildman–Crippen MR) is 139 cm³/mol. The van der Waals surface area contributed by atoms with Crippen LogP contribution in [-0.4, -0.2) is 52.8 Å². The van der Waals surface area contributed by atoms with E-state index in [-0.39, 0.29) is 23.1 Å². The highest BCUT2D eigenvalue weighted by Crippen LogP contribution is 2.44. The van der Waals surface area contributed by atoms with E-state index >= 15 is 0 Å². The zero-order chi connectivity index (χ0) is 25.1. The van der Waals surface area contributed by atoms with E-state index in [9.17, 15) is 9.59 Å². The molecule has 1 amide bonds. The average molecular weight is 514 g/mol. The van der Waals surface area contributed by atoms with Crippen molar-refractivity contribution < 1.29 is 14.3 Å². The number of hydrogen-bond donors (Lipinski definition) is 0. The molecule has 2 aliphatic heterocycles. The van der Waals surface area contributed by atoms with Crippen LogP contribution in [-0.2, 0) is 23.1 Å². The Morgan fingerprint density at radius 3 is 2.53 bits per heavy atom. The lowest BCUT2D eigenvalue weighted by Crippen LogP contribution is -2.50. The van der Waals surface area contributed by atoms with Gasteiger partial charge in [0.2, 0.25) is 5.75 Å². The van der Waals surface area contributed by atoms with Crippen LogP contribution in [0.15, 0.2) is 29.1 Å². The Hall–Kier alpha value is -2.38. The van der Waals surface area contributed by atoms with E-state index in [1.807, 2.05) is 21.6 Å². The molecule has 1 saturated carbocycles. The van der Waals surface area contributed by atoms with Crippen molar-refractivity contribution in [3.8, 4) is 5.75 Å². The van der Waals surface area contributed by atoms with Crippen molar-refractivity contribution in [3.63, 3.8) is 0 Å². The molecule has 8 heteroatoms. The number of benzene rings is 1. The number of unbranched alkanes of at least 4 members (excludes halogenated alkanes) is 1. The molecule has 1 aliphatic carbocycles. The third kappa shape index (κ3) is 4.92. The number of ether oxygens (including phenoxy) is 2. The van der Waals surface area contributed by atoms with Gasteiger partial charge in [-0.3, -0.25) is 9.59 Å². The zero-order valence-electron chi connectivity index (χ0n) is 21.1. The molecule has 2 aromatic rings. The second-order valence-corrected chi connectivity index (χ2v) is 10.8. The number of amides is 1. The quantitative estimate of drug-likeness (QED) is 0.475. The molecule has 0 spiro atoms. The third-order valence-corrected chi connectivity index (χ3v) is 8.39. The van der Waals surface area contributed by atoms with Gasteiger partial charge in [0, 0.05) is 49.2 Å². The van der Waals surface area contributed by atoms with Gasteiger partial charge < -0.3 is 18.9 Å². The van der Waals surface area contributed by atoms with Gasteiger partial charge in [0.15, 0.2) is 5.69 Å². The van der Waals surface area contributed by atoms with Gasteiger partial charge in [-0.15, -0.1) is 0 Å². The van der Waals surface area contributed by atoms with Gasteiger partial charge >= 0.3 is 5.56 Å². The molecule has 2 fully saturated rings. The van der Waals surface area contributed by atoms with Crippen molar-refractivity contribution in [2.45, 2.75) is 82.7 Å². The molecule has 0 unspecified atom stereocenters. The average Bonchev–Trinajstić information content (AvgIpc) is 3.36. The van der Waals surface area contributed by atoms with E-state index < -0.39 is 5.56 Å².